The van der Waals surface area contributed by atoms with Crippen LogP contribution in [0.4, 0.5) is 0 Å². The lowest BCUT2D eigenvalue weighted by atomic mass is 10.2. The summed E-state index contributed by atoms with van der Waals surface area (Å²) in [4.78, 5) is 14.1. The largest absolute Gasteiger partial charge is 0.497 e. The number of thioether (sulfide) groups is 1. The zero-order valence-corrected chi connectivity index (χ0v) is 16.3. The molecule has 6 nitrogen and oxygen atoms in total. The van der Waals surface area contributed by atoms with Gasteiger partial charge >= 0.3 is 0 Å². The van der Waals surface area contributed by atoms with E-state index in [1.54, 1.807) is 25.3 Å². The molecule has 0 radical (unpaired) electrons. The van der Waals surface area contributed by atoms with E-state index in [2.05, 4.69) is 10.2 Å². The van der Waals surface area contributed by atoms with E-state index in [-0.39, 0.29) is 11.2 Å². The van der Waals surface area contributed by atoms with E-state index in [4.69, 9.17) is 9.47 Å². The summed E-state index contributed by atoms with van der Waals surface area (Å²) in [6, 6.07) is 15.2. The van der Waals surface area contributed by atoms with Crippen LogP contribution in [0.3, 0.4) is 0 Å². The molecule has 1 fully saturated rings. The average molecular weight is 383 g/mol. The van der Waals surface area contributed by atoms with Crippen molar-refractivity contribution < 1.29 is 14.3 Å². The maximum atomic E-state index is 12.5. The molecule has 0 aliphatic carbocycles. The van der Waals surface area contributed by atoms with E-state index in [0.717, 1.165) is 22.6 Å². The molecule has 1 heterocycles. The molecule has 0 bridgehead atoms. The fourth-order valence-electron chi connectivity index (χ4n) is 2.56. The minimum absolute atomic E-state index is 0.0363. The number of hydrogen-bond acceptors (Lipinski definition) is 6. The number of hydrogen-bond donors (Lipinski definition) is 0. The summed E-state index contributed by atoms with van der Waals surface area (Å²) in [6.45, 7) is 2.33. The van der Waals surface area contributed by atoms with E-state index in [1.807, 2.05) is 55.5 Å². The number of carbonyl (C=O) groups is 1. The topological polar surface area (TPSA) is 63.5 Å². The Hall–Kier alpha value is -2.80. The lowest BCUT2D eigenvalue weighted by molar-refractivity contribution is -0.126. The van der Waals surface area contributed by atoms with Gasteiger partial charge in [0, 0.05) is 0 Å². The molecule has 1 unspecified atom stereocenters. The Labute approximate surface area is 162 Å². The number of amidine groups is 1. The first-order valence-corrected chi connectivity index (χ1v) is 9.34. The zero-order chi connectivity index (χ0) is 19.2. The van der Waals surface area contributed by atoms with Crippen LogP contribution < -0.4 is 9.47 Å². The highest BCUT2D eigenvalue weighted by Gasteiger charge is 2.35. The highest BCUT2D eigenvalue weighted by atomic mass is 32.2. The molecule has 1 aliphatic rings. The monoisotopic (exact) mass is 383 g/mol. The van der Waals surface area contributed by atoms with Gasteiger partial charge in [0.1, 0.15) is 11.5 Å². The van der Waals surface area contributed by atoms with Crippen molar-refractivity contribution >= 4 is 29.1 Å². The molecule has 7 heteroatoms. The summed E-state index contributed by atoms with van der Waals surface area (Å²) in [5.41, 5.74) is 1.91. The van der Waals surface area contributed by atoms with Crippen molar-refractivity contribution in [3.8, 4) is 11.5 Å². The number of nitrogens with zero attached hydrogens (tertiary/aromatic N) is 3. The van der Waals surface area contributed by atoms with Crippen LogP contribution in [0.5, 0.6) is 11.5 Å². The van der Waals surface area contributed by atoms with Crippen molar-refractivity contribution in [2.45, 2.75) is 18.7 Å². The van der Waals surface area contributed by atoms with Gasteiger partial charge < -0.3 is 9.47 Å². The fraction of sp³-hybridized carbons (Fsp3) is 0.250. The van der Waals surface area contributed by atoms with Crippen LogP contribution in [-0.2, 0) is 11.3 Å². The van der Waals surface area contributed by atoms with Crippen LogP contribution >= 0.6 is 11.8 Å². The summed E-state index contributed by atoms with van der Waals surface area (Å²) < 4.78 is 10.3. The Morgan fingerprint density at radius 2 is 1.63 bits per heavy atom. The maximum Gasteiger partial charge on any atom is 0.242 e. The summed E-state index contributed by atoms with van der Waals surface area (Å²) in [6.07, 6.45) is 1.66. The lowest BCUT2D eigenvalue weighted by Crippen LogP contribution is -2.30. The Kier molecular flexibility index (Phi) is 6.13. The van der Waals surface area contributed by atoms with Crippen LogP contribution in [-0.4, -0.2) is 41.7 Å². The molecule has 27 heavy (non-hydrogen) atoms. The van der Waals surface area contributed by atoms with E-state index in [0.29, 0.717) is 11.7 Å². The van der Waals surface area contributed by atoms with Crippen molar-refractivity contribution in [2.75, 3.05) is 14.2 Å². The summed E-state index contributed by atoms with van der Waals surface area (Å²) in [5, 5.41) is 8.86. The van der Waals surface area contributed by atoms with Crippen LogP contribution in [0.15, 0.2) is 58.7 Å². The Bertz CT molecular complexity index is 848. The van der Waals surface area contributed by atoms with E-state index >= 15 is 0 Å². The molecule has 140 valence electrons. The Morgan fingerprint density at radius 3 is 2.22 bits per heavy atom. The van der Waals surface area contributed by atoms with Gasteiger partial charge in [-0.3, -0.25) is 9.69 Å². The smallest absolute Gasteiger partial charge is 0.242 e. The molecule has 1 atom stereocenters. The van der Waals surface area contributed by atoms with Crippen LogP contribution in [0.2, 0.25) is 0 Å². The third-order valence-electron chi connectivity index (χ3n) is 4.09. The second-order valence-corrected chi connectivity index (χ2v) is 7.24. The van der Waals surface area contributed by atoms with Crippen molar-refractivity contribution in [1.82, 2.24) is 4.90 Å². The molecule has 1 amide bonds. The molecule has 1 saturated heterocycles. The van der Waals surface area contributed by atoms with Crippen LogP contribution in [0, 0.1) is 0 Å². The minimum atomic E-state index is -0.168. The van der Waals surface area contributed by atoms with Gasteiger partial charge in [0.2, 0.25) is 5.91 Å². The van der Waals surface area contributed by atoms with Crippen molar-refractivity contribution in [3.05, 3.63) is 59.7 Å². The van der Waals surface area contributed by atoms with Gasteiger partial charge in [0.15, 0.2) is 5.17 Å². The van der Waals surface area contributed by atoms with Crippen molar-refractivity contribution in [1.29, 1.82) is 0 Å². The standard InChI is InChI=1S/C20H21N3O3S/c1-14-19(24)23(13-16-6-10-18(26-3)11-7-16)20(27-14)22-21-12-15-4-8-17(25-2)9-5-15/h4-12,14H,13H2,1-3H3/b21-12+,22-20+. The number of benzene rings is 2. The second kappa shape index (κ2) is 8.73. The molecule has 0 N–H and O–H groups in total. The van der Waals surface area contributed by atoms with Crippen molar-refractivity contribution in [2.24, 2.45) is 10.2 Å². The van der Waals surface area contributed by atoms with E-state index in [9.17, 15) is 4.79 Å². The van der Waals surface area contributed by atoms with Crippen LogP contribution in [0.25, 0.3) is 0 Å². The first kappa shape index (κ1) is 19.0. The van der Waals surface area contributed by atoms with Gasteiger partial charge in [-0.15, -0.1) is 5.10 Å². The van der Waals surface area contributed by atoms with Gasteiger partial charge in [0.25, 0.3) is 0 Å². The predicted molar refractivity (Wildman–Crippen MR) is 109 cm³/mol. The molecule has 0 saturated carbocycles. The van der Waals surface area contributed by atoms with Gasteiger partial charge in [-0.05, 0) is 54.4 Å². The van der Waals surface area contributed by atoms with Gasteiger partial charge in [-0.25, -0.2) is 0 Å². The number of amides is 1. The summed E-state index contributed by atoms with van der Waals surface area (Å²) >= 11 is 1.42. The highest BCUT2D eigenvalue weighted by molar-refractivity contribution is 8.15. The molecule has 3 rings (SSSR count). The minimum Gasteiger partial charge on any atom is -0.497 e. The van der Waals surface area contributed by atoms with Crippen molar-refractivity contribution in [3.63, 3.8) is 0 Å². The van der Waals surface area contributed by atoms with E-state index < -0.39 is 0 Å². The molecule has 0 spiro atoms. The van der Waals surface area contributed by atoms with Gasteiger partial charge in [-0.2, -0.15) is 5.10 Å². The summed E-state index contributed by atoms with van der Waals surface area (Å²) in [7, 11) is 3.25. The van der Waals surface area contributed by atoms with E-state index in [1.165, 1.54) is 11.8 Å². The maximum absolute atomic E-state index is 12.5. The quantitative estimate of drug-likeness (QED) is 0.565. The molecule has 2 aromatic carbocycles. The Balaban J connectivity index is 1.73. The number of carbonyl (C=O) groups excluding carboxylic acids is 1. The first-order chi connectivity index (χ1) is 13.1. The SMILES string of the molecule is COc1ccc(/C=N/N=C2/SC(C)C(=O)N2Cc2ccc(OC)cc2)cc1. The number of ether oxygens (including phenoxy) is 2. The summed E-state index contributed by atoms with van der Waals surface area (Å²) in [5.74, 6) is 1.61. The second-order valence-electron chi connectivity index (χ2n) is 5.93. The Morgan fingerprint density at radius 1 is 1.04 bits per heavy atom. The third-order valence-corrected chi connectivity index (χ3v) is 5.16. The van der Waals surface area contributed by atoms with Gasteiger partial charge in [0.05, 0.1) is 32.2 Å². The number of rotatable bonds is 6. The molecular weight excluding hydrogens is 362 g/mol. The first-order valence-electron chi connectivity index (χ1n) is 8.46. The zero-order valence-electron chi connectivity index (χ0n) is 15.5. The molecule has 0 aromatic heterocycles. The average Bonchev–Trinajstić information content (AvgIpc) is 2.97. The van der Waals surface area contributed by atoms with Crippen LogP contribution in [0.1, 0.15) is 18.1 Å². The lowest BCUT2D eigenvalue weighted by Gasteiger charge is -2.15. The van der Waals surface area contributed by atoms with Gasteiger partial charge in [-0.1, -0.05) is 23.9 Å². The molecule has 2 aromatic rings. The highest BCUT2D eigenvalue weighted by Crippen LogP contribution is 2.28. The molecular formula is C20H21N3O3S. The normalized spacial score (nSPS) is 18.5. The fourth-order valence-corrected chi connectivity index (χ4v) is 3.48. The molecule has 1 aliphatic heterocycles. The predicted octanol–water partition coefficient (Wildman–Crippen LogP) is 3.56. The number of methoxy groups -OCH3 is 2. The third kappa shape index (κ3) is 4.68.